The summed E-state index contributed by atoms with van der Waals surface area (Å²) in [5.41, 5.74) is 0.379. The maximum atomic E-state index is 13.1. The molecule has 22 heavy (non-hydrogen) atoms. The van der Waals surface area contributed by atoms with E-state index in [1.807, 2.05) is 0 Å². The van der Waals surface area contributed by atoms with Crippen LogP contribution in [-0.2, 0) is 0 Å². The van der Waals surface area contributed by atoms with Gasteiger partial charge in [0.1, 0.15) is 0 Å². The molecule has 6 heteroatoms. The van der Waals surface area contributed by atoms with Crippen LogP contribution in [0.15, 0.2) is 18.2 Å². The van der Waals surface area contributed by atoms with Gasteiger partial charge < -0.3 is 20.4 Å². The third-order valence-electron chi connectivity index (χ3n) is 4.22. The van der Waals surface area contributed by atoms with Crippen molar-refractivity contribution in [2.75, 3.05) is 39.3 Å². The van der Waals surface area contributed by atoms with Gasteiger partial charge in [-0.3, -0.25) is 0 Å². The lowest BCUT2D eigenvalue weighted by Crippen LogP contribution is -2.39. The second kappa shape index (κ2) is 8.53. The molecule has 0 saturated carbocycles. The van der Waals surface area contributed by atoms with Gasteiger partial charge >= 0.3 is 0 Å². The van der Waals surface area contributed by atoms with Crippen LogP contribution in [0.1, 0.15) is 24.5 Å². The highest BCUT2D eigenvalue weighted by molar-refractivity contribution is 5.20. The van der Waals surface area contributed by atoms with E-state index in [0.29, 0.717) is 18.0 Å². The standard InChI is InChI=1S/C16H24F2N2O2/c17-14-2-1-13(9-15(14)18)16(22)11-19-10-12-3-5-20(6-4-12)7-8-21/h1-2,9,12,16,19,21-22H,3-8,10-11H2/t16-/m0/s1. The van der Waals surface area contributed by atoms with Gasteiger partial charge in [-0.15, -0.1) is 0 Å². The lowest BCUT2D eigenvalue weighted by molar-refractivity contribution is 0.140. The number of aliphatic hydroxyl groups excluding tert-OH is 2. The largest absolute Gasteiger partial charge is 0.395 e. The van der Waals surface area contributed by atoms with Crippen molar-refractivity contribution in [1.82, 2.24) is 10.2 Å². The van der Waals surface area contributed by atoms with Gasteiger partial charge in [-0.25, -0.2) is 8.78 Å². The van der Waals surface area contributed by atoms with Crippen LogP contribution in [0.4, 0.5) is 8.78 Å². The summed E-state index contributed by atoms with van der Waals surface area (Å²) >= 11 is 0. The van der Waals surface area contributed by atoms with Crippen molar-refractivity contribution in [2.45, 2.75) is 18.9 Å². The molecule has 1 aliphatic rings. The summed E-state index contributed by atoms with van der Waals surface area (Å²) in [6.07, 6.45) is 1.28. The average molecular weight is 314 g/mol. The first-order chi connectivity index (χ1) is 10.6. The van der Waals surface area contributed by atoms with Gasteiger partial charge in [0.05, 0.1) is 12.7 Å². The molecule has 0 amide bonds. The Kier molecular flexibility index (Phi) is 6.70. The molecule has 1 saturated heterocycles. The Morgan fingerprint density at radius 3 is 2.59 bits per heavy atom. The fourth-order valence-electron chi connectivity index (χ4n) is 2.82. The van der Waals surface area contributed by atoms with Gasteiger partial charge in [0, 0.05) is 13.1 Å². The fourth-order valence-corrected chi connectivity index (χ4v) is 2.82. The molecule has 0 radical (unpaired) electrons. The zero-order valence-electron chi connectivity index (χ0n) is 12.6. The Labute approximate surface area is 129 Å². The van der Waals surface area contributed by atoms with Gasteiger partial charge in [-0.05, 0) is 56.1 Å². The van der Waals surface area contributed by atoms with E-state index >= 15 is 0 Å². The number of nitrogens with one attached hydrogen (secondary N) is 1. The van der Waals surface area contributed by atoms with Crippen LogP contribution in [0.2, 0.25) is 0 Å². The molecule has 0 aliphatic carbocycles. The fraction of sp³-hybridized carbons (Fsp3) is 0.625. The van der Waals surface area contributed by atoms with Crippen LogP contribution in [0.3, 0.4) is 0 Å². The number of β-amino-alcohol motifs (C(OH)–C–C–N with tert-alkyl or cyclic N) is 1. The number of benzene rings is 1. The number of nitrogens with zero attached hydrogens (tertiary/aromatic N) is 1. The molecular weight excluding hydrogens is 290 g/mol. The third-order valence-corrected chi connectivity index (χ3v) is 4.22. The minimum absolute atomic E-state index is 0.198. The van der Waals surface area contributed by atoms with Gasteiger partial charge in [0.25, 0.3) is 0 Å². The quantitative estimate of drug-likeness (QED) is 0.710. The van der Waals surface area contributed by atoms with Gasteiger partial charge in [0.2, 0.25) is 0 Å². The van der Waals surface area contributed by atoms with Gasteiger partial charge in [0.15, 0.2) is 11.6 Å². The van der Waals surface area contributed by atoms with Crippen molar-refractivity contribution < 1.29 is 19.0 Å². The average Bonchev–Trinajstić information content (AvgIpc) is 2.52. The highest BCUT2D eigenvalue weighted by atomic mass is 19.2. The van der Waals surface area contributed by atoms with E-state index in [9.17, 15) is 13.9 Å². The highest BCUT2D eigenvalue weighted by Crippen LogP contribution is 2.18. The van der Waals surface area contributed by atoms with Crippen molar-refractivity contribution >= 4 is 0 Å². The molecule has 2 rings (SSSR count). The van der Waals surface area contributed by atoms with E-state index in [4.69, 9.17) is 5.11 Å². The van der Waals surface area contributed by atoms with Crippen LogP contribution < -0.4 is 5.32 Å². The molecule has 1 aliphatic heterocycles. The van der Waals surface area contributed by atoms with Crippen molar-refractivity contribution in [3.63, 3.8) is 0 Å². The normalized spacial score (nSPS) is 18.5. The first-order valence-electron chi connectivity index (χ1n) is 7.77. The van der Waals surface area contributed by atoms with Crippen LogP contribution in [0.5, 0.6) is 0 Å². The molecule has 0 spiro atoms. The summed E-state index contributed by atoms with van der Waals surface area (Å²) in [6.45, 7) is 4.02. The molecule has 124 valence electrons. The van der Waals surface area contributed by atoms with Crippen molar-refractivity contribution in [3.05, 3.63) is 35.4 Å². The monoisotopic (exact) mass is 314 g/mol. The summed E-state index contributed by atoms with van der Waals surface area (Å²) in [5, 5.41) is 22.1. The maximum absolute atomic E-state index is 13.1. The summed E-state index contributed by atoms with van der Waals surface area (Å²) in [6, 6.07) is 3.47. The molecule has 1 fully saturated rings. The maximum Gasteiger partial charge on any atom is 0.159 e. The summed E-state index contributed by atoms with van der Waals surface area (Å²) in [4.78, 5) is 2.24. The molecule has 4 nitrogen and oxygen atoms in total. The molecule has 0 bridgehead atoms. The van der Waals surface area contributed by atoms with E-state index in [2.05, 4.69) is 10.2 Å². The molecule has 0 aromatic heterocycles. The minimum Gasteiger partial charge on any atom is -0.395 e. The number of halogens is 2. The first-order valence-corrected chi connectivity index (χ1v) is 7.77. The third kappa shape index (κ3) is 4.98. The van der Waals surface area contributed by atoms with E-state index in [-0.39, 0.29) is 6.61 Å². The Hall–Kier alpha value is -1.08. The van der Waals surface area contributed by atoms with Crippen LogP contribution in [0.25, 0.3) is 0 Å². The molecule has 1 atom stereocenters. The SMILES string of the molecule is OCCN1CCC(CNC[C@H](O)c2ccc(F)c(F)c2)CC1. The Morgan fingerprint density at radius 1 is 1.23 bits per heavy atom. The smallest absolute Gasteiger partial charge is 0.159 e. The Bertz CT molecular complexity index is 465. The zero-order valence-corrected chi connectivity index (χ0v) is 12.6. The minimum atomic E-state index is -0.937. The van der Waals surface area contributed by atoms with E-state index < -0.39 is 17.7 Å². The van der Waals surface area contributed by atoms with E-state index in [1.165, 1.54) is 6.07 Å². The van der Waals surface area contributed by atoms with Crippen LogP contribution in [0, 0.1) is 17.6 Å². The number of likely N-dealkylation sites (tertiary alicyclic amines) is 1. The lowest BCUT2D eigenvalue weighted by Gasteiger charge is -2.31. The number of aliphatic hydroxyl groups is 2. The van der Waals surface area contributed by atoms with Gasteiger partial charge in [-0.1, -0.05) is 6.07 Å². The zero-order chi connectivity index (χ0) is 15.9. The molecule has 1 aromatic rings. The molecule has 0 unspecified atom stereocenters. The highest BCUT2D eigenvalue weighted by Gasteiger charge is 2.19. The summed E-state index contributed by atoms with van der Waals surface area (Å²) < 4.78 is 26.0. The Morgan fingerprint density at radius 2 is 1.95 bits per heavy atom. The van der Waals surface area contributed by atoms with E-state index in [0.717, 1.165) is 51.2 Å². The molecular formula is C16H24F2N2O2. The first kappa shape index (κ1) is 17.3. The Balaban J connectivity index is 1.69. The van der Waals surface area contributed by atoms with E-state index in [1.54, 1.807) is 0 Å². The van der Waals surface area contributed by atoms with Crippen molar-refractivity contribution in [1.29, 1.82) is 0 Å². The second-order valence-corrected chi connectivity index (χ2v) is 5.86. The number of hydrogen-bond acceptors (Lipinski definition) is 4. The lowest BCUT2D eigenvalue weighted by atomic mass is 9.96. The predicted molar refractivity (Wildman–Crippen MR) is 80.4 cm³/mol. The molecule has 1 aromatic carbocycles. The van der Waals surface area contributed by atoms with Gasteiger partial charge in [-0.2, -0.15) is 0 Å². The number of rotatable bonds is 7. The van der Waals surface area contributed by atoms with Crippen LogP contribution in [-0.4, -0.2) is 54.4 Å². The number of hydrogen-bond donors (Lipinski definition) is 3. The van der Waals surface area contributed by atoms with Crippen molar-refractivity contribution in [3.8, 4) is 0 Å². The summed E-state index contributed by atoms with van der Waals surface area (Å²) in [7, 11) is 0. The van der Waals surface area contributed by atoms with Crippen LogP contribution >= 0.6 is 0 Å². The number of piperidine rings is 1. The summed E-state index contributed by atoms with van der Waals surface area (Å²) in [5.74, 6) is -1.29. The topological polar surface area (TPSA) is 55.7 Å². The molecule has 1 heterocycles. The second-order valence-electron chi connectivity index (χ2n) is 5.86. The molecule has 3 N–H and O–H groups in total. The van der Waals surface area contributed by atoms with Crippen molar-refractivity contribution in [2.24, 2.45) is 5.92 Å². The predicted octanol–water partition coefficient (Wildman–Crippen LogP) is 1.29.